The van der Waals surface area contributed by atoms with Crippen LogP contribution in [0.2, 0.25) is 0 Å². The highest BCUT2D eigenvalue weighted by atomic mass is 16.5. The van der Waals surface area contributed by atoms with Crippen molar-refractivity contribution in [2.24, 2.45) is 0 Å². The maximum absolute atomic E-state index is 12.4. The summed E-state index contributed by atoms with van der Waals surface area (Å²) in [5.41, 5.74) is 3.91. The van der Waals surface area contributed by atoms with Crippen molar-refractivity contribution >= 4 is 11.6 Å². The predicted molar refractivity (Wildman–Crippen MR) is 105 cm³/mol. The maximum atomic E-state index is 12.4. The fraction of sp³-hybridized carbons (Fsp3) is 0.190. The average Bonchev–Trinajstić information content (AvgIpc) is 2.66. The Labute approximate surface area is 157 Å². The van der Waals surface area contributed by atoms with Crippen LogP contribution in [0.4, 0.5) is 5.69 Å². The molecule has 0 radical (unpaired) electrons. The summed E-state index contributed by atoms with van der Waals surface area (Å²) in [6.45, 7) is 3.83. The van der Waals surface area contributed by atoms with E-state index in [1.807, 2.05) is 44.2 Å². The summed E-state index contributed by atoms with van der Waals surface area (Å²) < 4.78 is 6.41. The predicted octanol–water partition coefficient (Wildman–Crippen LogP) is 3.17. The van der Waals surface area contributed by atoms with Crippen molar-refractivity contribution in [2.45, 2.75) is 20.4 Å². The molecule has 0 unspecified atom stereocenters. The largest absolute Gasteiger partial charge is 0.497 e. The second kappa shape index (κ2) is 7.86. The lowest BCUT2D eigenvalue weighted by atomic mass is 10.1. The number of carbonyl (C=O) groups excluding carboxylic acids is 1. The molecule has 27 heavy (non-hydrogen) atoms. The number of amides is 1. The number of aromatic nitrogens is 2. The quantitative estimate of drug-likeness (QED) is 0.756. The Hall–Kier alpha value is -3.41. The van der Waals surface area contributed by atoms with E-state index < -0.39 is 0 Å². The van der Waals surface area contributed by atoms with E-state index in [1.54, 1.807) is 19.2 Å². The summed E-state index contributed by atoms with van der Waals surface area (Å²) in [5.74, 6) is 0.457. The number of nitrogens with zero attached hydrogens (tertiary/aromatic N) is 2. The van der Waals surface area contributed by atoms with Crippen molar-refractivity contribution in [3.05, 3.63) is 76.3 Å². The van der Waals surface area contributed by atoms with Crippen LogP contribution in [0.25, 0.3) is 11.3 Å². The van der Waals surface area contributed by atoms with Crippen LogP contribution in [0.1, 0.15) is 11.1 Å². The Morgan fingerprint density at radius 3 is 2.48 bits per heavy atom. The second-order valence-electron chi connectivity index (χ2n) is 6.34. The molecule has 0 bridgehead atoms. The molecule has 0 atom stereocenters. The minimum atomic E-state index is -0.286. The normalized spacial score (nSPS) is 10.5. The summed E-state index contributed by atoms with van der Waals surface area (Å²) in [5, 5.41) is 2.83. The van der Waals surface area contributed by atoms with Gasteiger partial charge in [-0.25, -0.2) is 4.98 Å². The molecule has 6 heteroatoms. The zero-order chi connectivity index (χ0) is 19.4. The van der Waals surface area contributed by atoms with E-state index in [0.29, 0.717) is 5.69 Å². The van der Waals surface area contributed by atoms with Crippen LogP contribution in [0, 0.1) is 13.8 Å². The molecule has 2 aromatic carbocycles. The van der Waals surface area contributed by atoms with Gasteiger partial charge in [0, 0.05) is 17.3 Å². The van der Waals surface area contributed by atoms with E-state index >= 15 is 0 Å². The van der Waals surface area contributed by atoms with Crippen LogP contribution in [-0.4, -0.2) is 22.6 Å². The molecule has 1 heterocycles. The first-order valence-corrected chi connectivity index (χ1v) is 8.54. The Bertz CT molecular complexity index is 1020. The lowest BCUT2D eigenvalue weighted by Crippen LogP contribution is -2.27. The van der Waals surface area contributed by atoms with Gasteiger partial charge in [0.1, 0.15) is 12.3 Å². The smallest absolute Gasteiger partial charge is 0.254 e. The van der Waals surface area contributed by atoms with Crippen LogP contribution in [-0.2, 0) is 11.3 Å². The standard InChI is InChI=1S/C21H21N3O3/c1-14-4-9-18(15(2)10-14)23-20(25)12-24-13-22-19(11-21(24)26)16-5-7-17(27-3)8-6-16/h4-11,13H,12H2,1-3H3,(H,23,25). The Morgan fingerprint density at radius 2 is 1.85 bits per heavy atom. The molecule has 0 aliphatic rings. The number of hydrogen-bond acceptors (Lipinski definition) is 4. The molecule has 0 spiro atoms. The average molecular weight is 363 g/mol. The SMILES string of the molecule is COc1ccc(-c2cc(=O)n(CC(=O)Nc3ccc(C)cc3C)cn2)cc1. The van der Waals surface area contributed by atoms with E-state index in [2.05, 4.69) is 10.3 Å². The van der Waals surface area contributed by atoms with Crippen molar-refractivity contribution in [1.29, 1.82) is 0 Å². The molecule has 0 saturated carbocycles. The molecule has 6 nitrogen and oxygen atoms in total. The van der Waals surface area contributed by atoms with E-state index in [-0.39, 0.29) is 18.0 Å². The number of methoxy groups -OCH3 is 1. The van der Waals surface area contributed by atoms with Gasteiger partial charge in [-0.15, -0.1) is 0 Å². The van der Waals surface area contributed by atoms with Crippen molar-refractivity contribution < 1.29 is 9.53 Å². The lowest BCUT2D eigenvalue weighted by Gasteiger charge is -2.10. The van der Waals surface area contributed by atoms with Gasteiger partial charge in [0.05, 0.1) is 19.1 Å². The van der Waals surface area contributed by atoms with Crippen LogP contribution >= 0.6 is 0 Å². The maximum Gasteiger partial charge on any atom is 0.254 e. The number of rotatable bonds is 5. The van der Waals surface area contributed by atoms with Crippen molar-refractivity contribution in [2.75, 3.05) is 12.4 Å². The summed E-state index contributed by atoms with van der Waals surface area (Å²) >= 11 is 0. The zero-order valence-electron chi connectivity index (χ0n) is 15.5. The molecule has 3 aromatic rings. The fourth-order valence-electron chi connectivity index (χ4n) is 2.76. The fourth-order valence-corrected chi connectivity index (χ4v) is 2.76. The Morgan fingerprint density at radius 1 is 1.11 bits per heavy atom. The van der Waals surface area contributed by atoms with Crippen molar-refractivity contribution in [3.63, 3.8) is 0 Å². The van der Waals surface area contributed by atoms with Gasteiger partial charge in [-0.2, -0.15) is 0 Å². The van der Waals surface area contributed by atoms with Gasteiger partial charge in [0.25, 0.3) is 5.56 Å². The molecule has 0 aliphatic heterocycles. The van der Waals surface area contributed by atoms with E-state index in [1.165, 1.54) is 17.0 Å². The summed E-state index contributed by atoms with van der Waals surface area (Å²) in [4.78, 5) is 28.9. The van der Waals surface area contributed by atoms with Gasteiger partial charge < -0.3 is 10.1 Å². The molecular weight excluding hydrogens is 342 g/mol. The second-order valence-corrected chi connectivity index (χ2v) is 6.34. The monoisotopic (exact) mass is 363 g/mol. The zero-order valence-corrected chi connectivity index (χ0v) is 15.5. The molecule has 0 saturated heterocycles. The van der Waals surface area contributed by atoms with Gasteiger partial charge in [-0.05, 0) is 49.7 Å². The third-order valence-corrected chi connectivity index (χ3v) is 4.24. The topological polar surface area (TPSA) is 73.2 Å². The number of aryl methyl sites for hydroxylation is 2. The first kappa shape index (κ1) is 18.4. The minimum absolute atomic E-state index is 0.0952. The van der Waals surface area contributed by atoms with Gasteiger partial charge in [-0.3, -0.25) is 14.2 Å². The Kier molecular flexibility index (Phi) is 5.35. The van der Waals surface area contributed by atoms with Gasteiger partial charge in [0.15, 0.2) is 0 Å². The van der Waals surface area contributed by atoms with Gasteiger partial charge in [-0.1, -0.05) is 17.7 Å². The molecule has 1 aromatic heterocycles. The van der Waals surface area contributed by atoms with Crippen LogP contribution < -0.4 is 15.6 Å². The number of hydrogen-bond donors (Lipinski definition) is 1. The number of benzene rings is 2. The van der Waals surface area contributed by atoms with Crippen LogP contribution in [0.3, 0.4) is 0 Å². The summed E-state index contributed by atoms with van der Waals surface area (Å²) in [6.07, 6.45) is 1.39. The first-order valence-electron chi connectivity index (χ1n) is 8.54. The molecule has 0 aliphatic carbocycles. The van der Waals surface area contributed by atoms with Crippen LogP contribution in [0.15, 0.2) is 59.7 Å². The number of ether oxygens (including phenoxy) is 1. The molecule has 0 fully saturated rings. The van der Waals surface area contributed by atoms with Crippen molar-refractivity contribution in [1.82, 2.24) is 9.55 Å². The van der Waals surface area contributed by atoms with E-state index in [0.717, 1.165) is 28.1 Å². The molecule has 1 N–H and O–H groups in total. The minimum Gasteiger partial charge on any atom is -0.497 e. The van der Waals surface area contributed by atoms with Gasteiger partial charge in [0.2, 0.25) is 5.91 Å². The molecule has 138 valence electrons. The highest BCUT2D eigenvalue weighted by Gasteiger charge is 2.09. The van der Waals surface area contributed by atoms with Gasteiger partial charge >= 0.3 is 0 Å². The lowest BCUT2D eigenvalue weighted by molar-refractivity contribution is -0.116. The summed E-state index contributed by atoms with van der Waals surface area (Å²) in [6, 6.07) is 14.5. The molecule has 1 amide bonds. The van der Waals surface area contributed by atoms with Crippen LogP contribution in [0.5, 0.6) is 5.75 Å². The van der Waals surface area contributed by atoms with Crippen molar-refractivity contribution in [3.8, 4) is 17.0 Å². The molecule has 3 rings (SSSR count). The highest BCUT2D eigenvalue weighted by Crippen LogP contribution is 2.19. The first-order chi connectivity index (χ1) is 13.0. The number of anilines is 1. The number of carbonyl (C=O) groups is 1. The molecular formula is C21H21N3O3. The van der Waals surface area contributed by atoms with E-state index in [9.17, 15) is 9.59 Å². The Balaban J connectivity index is 1.73. The third-order valence-electron chi connectivity index (χ3n) is 4.24. The highest BCUT2D eigenvalue weighted by molar-refractivity contribution is 5.91. The summed E-state index contributed by atoms with van der Waals surface area (Å²) in [7, 11) is 1.59. The van der Waals surface area contributed by atoms with E-state index in [4.69, 9.17) is 4.74 Å². The number of nitrogens with one attached hydrogen (secondary N) is 1. The third kappa shape index (κ3) is 4.41.